The van der Waals surface area contributed by atoms with Crippen LogP contribution in [0.5, 0.6) is 0 Å². The number of rotatable bonds is 4. The Balaban J connectivity index is 2.07. The van der Waals surface area contributed by atoms with E-state index in [1.807, 2.05) is 42.5 Å². The molecule has 0 radical (unpaired) electrons. The lowest BCUT2D eigenvalue weighted by molar-refractivity contribution is 0.103. The summed E-state index contributed by atoms with van der Waals surface area (Å²) in [6.07, 6.45) is 2.21. The minimum Gasteiger partial charge on any atom is -0.289 e. The van der Waals surface area contributed by atoms with Gasteiger partial charge in [0.25, 0.3) is 0 Å². The Morgan fingerprint density at radius 2 is 1.40 bits per heavy atom. The Kier molecular flexibility index (Phi) is 4.39. The second kappa shape index (κ2) is 6.04. The molecule has 0 fully saturated rings. The summed E-state index contributed by atoms with van der Waals surface area (Å²) in [4.78, 5) is 12.3. The monoisotopic (exact) mass is 266 g/mol. The second-order valence-electron chi connectivity index (χ2n) is 6.45. The molecule has 0 N–H and O–H groups in total. The third-order valence-corrected chi connectivity index (χ3v) is 3.42. The number of ketones is 1. The highest BCUT2D eigenvalue weighted by Crippen LogP contribution is 2.21. The predicted octanol–water partition coefficient (Wildman–Crippen LogP) is 4.90. The molecule has 0 unspecified atom stereocenters. The molecule has 1 heteroatoms. The number of hydrogen-bond donors (Lipinski definition) is 0. The van der Waals surface area contributed by atoms with Gasteiger partial charge in [-0.1, -0.05) is 75.4 Å². The first-order valence-electron chi connectivity index (χ1n) is 7.14. The lowest BCUT2D eigenvalue weighted by Crippen LogP contribution is -2.06. The fraction of sp³-hybridized carbons (Fsp3) is 0.316. The number of aryl methyl sites for hydroxylation is 1. The molecule has 0 amide bonds. The van der Waals surface area contributed by atoms with Crippen molar-refractivity contribution in [3.63, 3.8) is 0 Å². The summed E-state index contributed by atoms with van der Waals surface area (Å²) >= 11 is 0. The normalized spacial score (nSPS) is 11.3. The van der Waals surface area contributed by atoms with Crippen molar-refractivity contribution in [1.82, 2.24) is 0 Å². The summed E-state index contributed by atoms with van der Waals surface area (Å²) in [5.74, 6) is 0.0907. The molecule has 0 bridgehead atoms. The SMILES string of the molecule is CC(C)(C)CCc1ccc(C(=O)c2ccccc2)cc1. The van der Waals surface area contributed by atoms with Gasteiger partial charge in [-0.05, 0) is 23.8 Å². The van der Waals surface area contributed by atoms with Gasteiger partial charge in [-0.3, -0.25) is 4.79 Å². The van der Waals surface area contributed by atoms with Gasteiger partial charge in [0.1, 0.15) is 0 Å². The first kappa shape index (κ1) is 14.5. The largest absolute Gasteiger partial charge is 0.289 e. The fourth-order valence-corrected chi connectivity index (χ4v) is 2.10. The molecule has 104 valence electrons. The topological polar surface area (TPSA) is 17.1 Å². The van der Waals surface area contributed by atoms with Crippen LogP contribution in [0.25, 0.3) is 0 Å². The van der Waals surface area contributed by atoms with Gasteiger partial charge >= 0.3 is 0 Å². The van der Waals surface area contributed by atoms with Crippen LogP contribution in [0.4, 0.5) is 0 Å². The maximum absolute atomic E-state index is 12.3. The number of carbonyl (C=O) groups is 1. The van der Waals surface area contributed by atoms with Gasteiger partial charge in [0.2, 0.25) is 0 Å². The summed E-state index contributed by atoms with van der Waals surface area (Å²) in [6.45, 7) is 6.75. The molecule has 2 rings (SSSR count). The number of benzene rings is 2. The average Bonchev–Trinajstić information content (AvgIpc) is 2.45. The molecule has 0 saturated heterocycles. The van der Waals surface area contributed by atoms with E-state index in [-0.39, 0.29) is 5.78 Å². The average molecular weight is 266 g/mol. The van der Waals surface area contributed by atoms with Crippen LogP contribution in [0.1, 0.15) is 48.7 Å². The molecular weight excluding hydrogens is 244 g/mol. The van der Waals surface area contributed by atoms with E-state index in [0.717, 1.165) is 24.0 Å². The zero-order valence-corrected chi connectivity index (χ0v) is 12.5. The van der Waals surface area contributed by atoms with E-state index in [9.17, 15) is 4.79 Å². The van der Waals surface area contributed by atoms with E-state index in [0.29, 0.717) is 5.41 Å². The molecule has 0 saturated carbocycles. The molecule has 2 aromatic carbocycles. The van der Waals surface area contributed by atoms with Gasteiger partial charge < -0.3 is 0 Å². The molecule has 1 nitrogen and oxygen atoms in total. The van der Waals surface area contributed by atoms with Crippen LogP contribution in [0.3, 0.4) is 0 Å². The maximum atomic E-state index is 12.3. The van der Waals surface area contributed by atoms with Crippen LogP contribution in [-0.4, -0.2) is 5.78 Å². The van der Waals surface area contributed by atoms with Crippen molar-refractivity contribution < 1.29 is 4.79 Å². The van der Waals surface area contributed by atoms with E-state index in [4.69, 9.17) is 0 Å². The smallest absolute Gasteiger partial charge is 0.193 e. The van der Waals surface area contributed by atoms with E-state index in [1.165, 1.54) is 5.56 Å². The third kappa shape index (κ3) is 4.06. The van der Waals surface area contributed by atoms with E-state index in [1.54, 1.807) is 0 Å². The first-order chi connectivity index (χ1) is 9.46. The molecule has 2 aromatic rings. The molecule has 0 aromatic heterocycles. The van der Waals surface area contributed by atoms with E-state index < -0.39 is 0 Å². The Morgan fingerprint density at radius 1 is 0.850 bits per heavy atom. The summed E-state index contributed by atoms with van der Waals surface area (Å²) in [6, 6.07) is 17.4. The zero-order valence-electron chi connectivity index (χ0n) is 12.5. The summed E-state index contributed by atoms with van der Waals surface area (Å²) < 4.78 is 0. The Labute approximate surface area is 121 Å². The third-order valence-electron chi connectivity index (χ3n) is 3.42. The van der Waals surface area contributed by atoms with Crippen molar-refractivity contribution in [2.24, 2.45) is 5.41 Å². The molecule has 0 aliphatic heterocycles. The second-order valence-corrected chi connectivity index (χ2v) is 6.45. The van der Waals surface area contributed by atoms with Crippen LogP contribution in [0, 0.1) is 5.41 Å². The lowest BCUT2D eigenvalue weighted by Gasteiger charge is -2.17. The standard InChI is InChI=1S/C19H22O/c1-19(2,3)14-13-15-9-11-17(12-10-15)18(20)16-7-5-4-6-8-16/h4-12H,13-14H2,1-3H3. The van der Waals surface area contributed by atoms with Crippen LogP contribution in [0.2, 0.25) is 0 Å². The summed E-state index contributed by atoms with van der Waals surface area (Å²) in [7, 11) is 0. The van der Waals surface area contributed by atoms with Gasteiger partial charge in [-0.2, -0.15) is 0 Å². The predicted molar refractivity (Wildman–Crippen MR) is 84.1 cm³/mol. The van der Waals surface area contributed by atoms with E-state index in [2.05, 4.69) is 32.9 Å². The van der Waals surface area contributed by atoms with Crippen LogP contribution in [-0.2, 0) is 6.42 Å². The first-order valence-corrected chi connectivity index (χ1v) is 7.14. The molecule has 0 aliphatic carbocycles. The van der Waals surface area contributed by atoms with Gasteiger partial charge in [0.15, 0.2) is 5.78 Å². The quantitative estimate of drug-likeness (QED) is 0.720. The van der Waals surface area contributed by atoms with Crippen molar-refractivity contribution in [3.05, 3.63) is 71.3 Å². The van der Waals surface area contributed by atoms with Crippen molar-refractivity contribution in [2.75, 3.05) is 0 Å². The summed E-state index contributed by atoms with van der Waals surface area (Å²) in [5.41, 5.74) is 3.15. The Hall–Kier alpha value is -1.89. The molecule has 0 spiro atoms. The number of hydrogen-bond acceptors (Lipinski definition) is 1. The van der Waals surface area contributed by atoms with Crippen LogP contribution >= 0.6 is 0 Å². The van der Waals surface area contributed by atoms with Crippen molar-refractivity contribution in [3.8, 4) is 0 Å². The van der Waals surface area contributed by atoms with Gasteiger partial charge in [0.05, 0.1) is 0 Å². The highest BCUT2D eigenvalue weighted by molar-refractivity contribution is 6.08. The minimum atomic E-state index is 0.0907. The molecule has 20 heavy (non-hydrogen) atoms. The Morgan fingerprint density at radius 3 is 1.95 bits per heavy atom. The maximum Gasteiger partial charge on any atom is 0.193 e. The zero-order chi connectivity index (χ0) is 14.6. The Bertz CT molecular complexity index is 559. The van der Waals surface area contributed by atoms with Gasteiger partial charge in [0, 0.05) is 11.1 Å². The van der Waals surface area contributed by atoms with Crippen LogP contribution < -0.4 is 0 Å². The van der Waals surface area contributed by atoms with Crippen molar-refractivity contribution >= 4 is 5.78 Å². The fourth-order valence-electron chi connectivity index (χ4n) is 2.10. The summed E-state index contributed by atoms with van der Waals surface area (Å²) in [5, 5.41) is 0. The van der Waals surface area contributed by atoms with E-state index >= 15 is 0 Å². The lowest BCUT2D eigenvalue weighted by atomic mass is 9.88. The van der Waals surface area contributed by atoms with Crippen molar-refractivity contribution in [2.45, 2.75) is 33.6 Å². The highest BCUT2D eigenvalue weighted by Gasteiger charge is 2.11. The van der Waals surface area contributed by atoms with Gasteiger partial charge in [-0.25, -0.2) is 0 Å². The van der Waals surface area contributed by atoms with Crippen molar-refractivity contribution in [1.29, 1.82) is 0 Å². The molecule has 0 heterocycles. The number of carbonyl (C=O) groups excluding carboxylic acids is 1. The minimum absolute atomic E-state index is 0.0907. The molecule has 0 atom stereocenters. The van der Waals surface area contributed by atoms with Crippen LogP contribution in [0.15, 0.2) is 54.6 Å². The molecular formula is C19H22O. The highest BCUT2D eigenvalue weighted by atomic mass is 16.1. The van der Waals surface area contributed by atoms with Gasteiger partial charge in [-0.15, -0.1) is 0 Å². The molecule has 0 aliphatic rings.